The van der Waals surface area contributed by atoms with Gasteiger partial charge in [0.1, 0.15) is 5.82 Å². The molecule has 1 amide bonds. The molecule has 7 rings (SSSR count). The van der Waals surface area contributed by atoms with Gasteiger partial charge < -0.3 is 26.1 Å². The number of nitrogens with two attached hydrogens (primary N) is 2. The lowest BCUT2D eigenvalue weighted by molar-refractivity contribution is 0.0556. The molecule has 1 aromatic carbocycles. The largest absolute Gasteiger partial charge is 0.494 e. The predicted molar refractivity (Wildman–Crippen MR) is 158 cm³/mol. The van der Waals surface area contributed by atoms with E-state index in [1.807, 2.05) is 11.0 Å². The Balaban J connectivity index is 1.23. The van der Waals surface area contributed by atoms with Crippen molar-refractivity contribution in [3.8, 4) is 28.1 Å². The van der Waals surface area contributed by atoms with Crippen LogP contribution < -0.4 is 16.2 Å². The van der Waals surface area contributed by atoms with Crippen molar-refractivity contribution < 1.29 is 18.7 Å². The average molecular weight is 597 g/mol. The average Bonchev–Trinajstić information content (AvgIpc) is 3.72. The first kappa shape index (κ1) is 27.4. The number of H-pyrrole nitrogens is 1. The van der Waals surface area contributed by atoms with Crippen LogP contribution in [0.4, 0.5) is 16.2 Å². The third kappa shape index (κ3) is 4.41. The standard InChI is InChI=1S/C30H29FN10O3/c1-14(42)24-25(17-9-18-5-6-19(10-17)40(18)29(43)27-37-30(33)39-38-27)36-28-20(13-35-41(28)26(24)32)16-3-7-22(34-12-16)15-4-8-23(44-2)21(31)11-15/h3-4,7-8,11-13,17-19H,5-6,9-10,32H2,1-2H3,(H3,33,37,38,39)/t17-,18+,19-. The number of fused-ring (bicyclic) bond motifs is 3. The molecule has 0 saturated carbocycles. The summed E-state index contributed by atoms with van der Waals surface area (Å²) in [5, 5.41) is 12.1. The van der Waals surface area contributed by atoms with Crippen LogP contribution in [-0.4, -0.2) is 70.5 Å². The van der Waals surface area contributed by atoms with Gasteiger partial charge in [0.2, 0.25) is 11.8 Å². The number of carbonyl (C=O) groups is 2. The number of anilines is 2. The maximum atomic E-state index is 14.3. The number of carbonyl (C=O) groups excluding carboxylic acids is 2. The summed E-state index contributed by atoms with van der Waals surface area (Å²) >= 11 is 0. The molecular weight excluding hydrogens is 567 g/mol. The van der Waals surface area contributed by atoms with E-state index in [1.54, 1.807) is 30.6 Å². The van der Waals surface area contributed by atoms with Crippen LogP contribution in [0, 0.1) is 5.82 Å². The first-order chi connectivity index (χ1) is 21.2. The van der Waals surface area contributed by atoms with E-state index in [4.69, 9.17) is 21.2 Å². The molecule has 2 saturated heterocycles. The Morgan fingerprint density at radius 2 is 1.80 bits per heavy atom. The van der Waals surface area contributed by atoms with Gasteiger partial charge in [-0.3, -0.25) is 14.6 Å². The van der Waals surface area contributed by atoms with Gasteiger partial charge in [-0.15, -0.1) is 10.2 Å². The third-order valence-corrected chi connectivity index (χ3v) is 8.65. The molecule has 5 N–H and O–H groups in total. The number of nitrogen functional groups attached to an aromatic ring is 2. The first-order valence-corrected chi connectivity index (χ1v) is 14.2. The quantitative estimate of drug-likeness (QED) is 0.245. The Kier molecular flexibility index (Phi) is 6.48. The maximum absolute atomic E-state index is 14.3. The van der Waals surface area contributed by atoms with Crippen LogP contribution in [0.2, 0.25) is 0 Å². The van der Waals surface area contributed by atoms with Gasteiger partial charge in [0.15, 0.2) is 23.0 Å². The lowest BCUT2D eigenvalue weighted by atomic mass is 9.85. The highest BCUT2D eigenvalue weighted by molar-refractivity contribution is 6.00. The van der Waals surface area contributed by atoms with Gasteiger partial charge in [-0.2, -0.15) is 9.61 Å². The van der Waals surface area contributed by atoms with Gasteiger partial charge in [-0.05, 0) is 56.9 Å². The van der Waals surface area contributed by atoms with E-state index in [2.05, 4.69) is 25.3 Å². The number of amides is 1. The highest BCUT2D eigenvalue weighted by atomic mass is 19.1. The molecule has 5 aromatic rings. The van der Waals surface area contributed by atoms with E-state index < -0.39 is 5.82 Å². The smallest absolute Gasteiger partial charge is 0.292 e. The molecule has 4 aromatic heterocycles. The lowest BCUT2D eigenvalue weighted by Gasteiger charge is -2.38. The number of hydrogen-bond acceptors (Lipinski definition) is 10. The minimum atomic E-state index is -0.474. The molecule has 44 heavy (non-hydrogen) atoms. The molecule has 224 valence electrons. The predicted octanol–water partition coefficient (Wildman–Crippen LogP) is 3.64. The number of benzene rings is 1. The van der Waals surface area contributed by atoms with Crippen LogP contribution in [0.25, 0.3) is 28.0 Å². The number of aromatic nitrogens is 7. The molecular formula is C30H29FN10O3. The second-order valence-electron chi connectivity index (χ2n) is 11.2. The Bertz CT molecular complexity index is 1920. The lowest BCUT2D eigenvalue weighted by Crippen LogP contribution is -2.46. The summed E-state index contributed by atoms with van der Waals surface area (Å²) in [4.78, 5) is 40.3. The van der Waals surface area contributed by atoms with E-state index in [0.717, 1.165) is 18.4 Å². The van der Waals surface area contributed by atoms with Gasteiger partial charge in [0, 0.05) is 40.9 Å². The van der Waals surface area contributed by atoms with Gasteiger partial charge in [-0.1, -0.05) is 6.07 Å². The minimum absolute atomic E-state index is 0.0550. The van der Waals surface area contributed by atoms with Gasteiger partial charge >= 0.3 is 0 Å². The summed E-state index contributed by atoms with van der Waals surface area (Å²) < 4.78 is 20.8. The summed E-state index contributed by atoms with van der Waals surface area (Å²) in [5.74, 6) is -0.436. The van der Waals surface area contributed by atoms with Crippen LogP contribution in [0.3, 0.4) is 0 Å². The van der Waals surface area contributed by atoms with Crippen LogP contribution >= 0.6 is 0 Å². The number of halogens is 1. The fraction of sp³-hybridized carbons (Fsp3) is 0.300. The molecule has 3 atom stereocenters. The first-order valence-electron chi connectivity index (χ1n) is 14.2. The van der Waals surface area contributed by atoms with Crippen LogP contribution in [-0.2, 0) is 0 Å². The van der Waals surface area contributed by atoms with Crippen LogP contribution in [0.15, 0.2) is 42.7 Å². The molecule has 0 radical (unpaired) electrons. The molecule has 2 aliphatic rings. The number of piperidine rings is 1. The van der Waals surface area contributed by atoms with Gasteiger partial charge in [-0.25, -0.2) is 9.37 Å². The van der Waals surface area contributed by atoms with Crippen molar-refractivity contribution in [3.05, 3.63) is 65.6 Å². The number of ether oxygens (including phenoxy) is 1. The summed E-state index contributed by atoms with van der Waals surface area (Å²) in [5.41, 5.74) is 16.3. The number of aromatic amines is 1. The summed E-state index contributed by atoms with van der Waals surface area (Å²) in [6, 6.07) is 8.22. The zero-order chi connectivity index (χ0) is 30.7. The van der Waals surface area contributed by atoms with Crippen molar-refractivity contribution in [2.45, 2.75) is 50.6 Å². The van der Waals surface area contributed by atoms with Gasteiger partial charge in [0.25, 0.3) is 5.91 Å². The molecule has 0 spiro atoms. The molecule has 2 aliphatic heterocycles. The fourth-order valence-corrected chi connectivity index (χ4v) is 6.67. The highest BCUT2D eigenvalue weighted by Gasteiger charge is 2.46. The summed E-state index contributed by atoms with van der Waals surface area (Å²) in [6.45, 7) is 1.47. The SMILES string of the molecule is COc1ccc(-c2ccc(-c3cnn4c(N)c(C(C)=O)c([C@H]5C[C@H]6CC[C@@H](C5)N6C(=O)c5nnc(N)[nH]5)nc34)cn2)cc1F. The highest BCUT2D eigenvalue weighted by Crippen LogP contribution is 2.45. The molecule has 14 heteroatoms. The number of methoxy groups -OCH3 is 1. The minimum Gasteiger partial charge on any atom is -0.494 e. The van der Waals surface area contributed by atoms with E-state index in [0.29, 0.717) is 46.6 Å². The summed E-state index contributed by atoms with van der Waals surface area (Å²) in [7, 11) is 1.42. The van der Waals surface area contributed by atoms with Crippen LogP contribution in [0.1, 0.15) is 65.2 Å². The van der Waals surface area contributed by atoms with Crippen molar-refractivity contribution in [2.24, 2.45) is 0 Å². The molecule has 0 unspecified atom stereocenters. The zero-order valence-electron chi connectivity index (χ0n) is 24.0. The van der Waals surface area contributed by atoms with E-state index >= 15 is 0 Å². The number of nitrogens with one attached hydrogen (secondary N) is 1. The number of pyridine rings is 1. The summed E-state index contributed by atoms with van der Waals surface area (Å²) in [6.07, 6.45) is 6.21. The van der Waals surface area contributed by atoms with Crippen LogP contribution in [0.5, 0.6) is 5.75 Å². The second kappa shape index (κ2) is 10.4. The zero-order valence-corrected chi connectivity index (χ0v) is 24.0. The van der Waals surface area contributed by atoms with Gasteiger partial charge in [0.05, 0.1) is 30.3 Å². The number of hydrogen-bond donors (Lipinski definition) is 3. The number of nitrogens with zero attached hydrogens (tertiary/aromatic N) is 7. The van der Waals surface area contributed by atoms with Crippen molar-refractivity contribution in [1.29, 1.82) is 0 Å². The van der Waals surface area contributed by atoms with Crippen molar-refractivity contribution >= 4 is 29.1 Å². The molecule has 2 fully saturated rings. The van der Waals surface area contributed by atoms with Crippen molar-refractivity contribution in [1.82, 2.24) is 39.7 Å². The Morgan fingerprint density at radius 3 is 2.41 bits per heavy atom. The number of ketones is 1. The molecule has 13 nitrogen and oxygen atoms in total. The topological polar surface area (TPSA) is 183 Å². The monoisotopic (exact) mass is 596 g/mol. The second-order valence-corrected chi connectivity index (χ2v) is 11.2. The Morgan fingerprint density at radius 1 is 1.05 bits per heavy atom. The normalized spacial score (nSPS) is 19.4. The maximum Gasteiger partial charge on any atom is 0.292 e. The third-order valence-electron chi connectivity index (χ3n) is 8.65. The van der Waals surface area contributed by atoms with Crippen molar-refractivity contribution in [3.63, 3.8) is 0 Å². The number of Topliss-reactive ketones (excluding diaryl/α,β-unsaturated/α-hetero) is 1. The fourth-order valence-electron chi connectivity index (χ4n) is 6.67. The van der Waals surface area contributed by atoms with E-state index in [9.17, 15) is 14.0 Å². The molecule has 6 heterocycles. The van der Waals surface area contributed by atoms with Crippen molar-refractivity contribution in [2.75, 3.05) is 18.6 Å². The Hall–Kier alpha value is -5.40. The Labute approximate surface area is 250 Å². The number of rotatable bonds is 6. The molecule has 2 bridgehead atoms. The van der Waals surface area contributed by atoms with E-state index in [-0.39, 0.29) is 53.0 Å². The molecule has 0 aliphatic carbocycles. The van der Waals surface area contributed by atoms with E-state index in [1.165, 1.54) is 24.6 Å².